The van der Waals surface area contributed by atoms with Gasteiger partial charge >= 0.3 is 24.4 Å². The molecular weight excluding hydrogens is 634 g/mol. The lowest BCUT2D eigenvalue weighted by atomic mass is 9.95. The van der Waals surface area contributed by atoms with Gasteiger partial charge in [-0.15, -0.1) is 5.10 Å². The zero-order valence-corrected chi connectivity index (χ0v) is 26.2. The molecule has 1 aromatic heterocycles. The monoisotopic (exact) mass is 668 g/mol. The number of hydrogen-bond acceptors (Lipinski definition) is 8. The van der Waals surface area contributed by atoms with Crippen LogP contribution in [-0.2, 0) is 53.1 Å². The van der Waals surface area contributed by atoms with E-state index in [0.29, 0.717) is 36.2 Å². The van der Waals surface area contributed by atoms with Gasteiger partial charge in [-0.3, -0.25) is 9.69 Å². The minimum absolute atomic E-state index is 0.00854. The van der Waals surface area contributed by atoms with Crippen molar-refractivity contribution in [1.29, 1.82) is 0 Å². The van der Waals surface area contributed by atoms with Gasteiger partial charge in [0.15, 0.2) is 0 Å². The van der Waals surface area contributed by atoms with Gasteiger partial charge in [-0.1, -0.05) is 11.2 Å². The van der Waals surface area contributed by atoms with Crippen molar-refractivity contribution in [3.63, 3.8) is 0 Å². The molecule has 3 aromatic rings. The summed E-state index contributed by atoms with van der Waals surface area (Å²) in [6.07, 6.45) is -7.63. The van der Waals surface area contributed by atoms with E-state index >= 15 is 0 Å². The number of carbonyl (C=O) groups excluding carboxylic acids is 2. The number of anilines is 2. The van der Waals surface area contributed by atoms with Crippen LogP contribution in [0.15, 0.2) is 30.3 Å². The predicted octanol–water partition coefficient (Wildman–Crippen LogP) is 6.42. The molecule has 1 amide bonds. The third-order valence-electron chi connectivity index (χ3n) is 8.40. The normalized spacial score (nSPS) is 16.7. The second kappa shape index (κ2) is 12.7. The van der Waals surface area contributed by atoms with E-state index in [1.807, 2.05) is 12.1 Å². The van der Waals surface area contributed by atoms with Gasteiger partial charge in [0.25, 0.3) is 5.95 Å². The Morgan fingerprint density at radius 1 is 0.957 bits per heavy atom. The molecule has 0 spiro atoms. The minimum Gasteiger partial charge on any atom is -0.469 e. The van der Waals surface area contributed by atoms with Gasteiger partial charge in [0, 0.05) is 13.1 Å². The summed E-state index contributed by atoms with van der Waals surface area (Å²) in [5.74, 6) is -0.569. The van der Waals surface area contributed by atoms with Gasteiger partial charge in [-0.05, 0) is 97.7 Å². The number of esters is 1. The molecule has 1 aliphatic heterocycles. The molecule has 10 nitrogen and oxygen atoms in total. The number of ether oxygens (including phenoxy) is 2. The Balaban J connectivity index is 1.58. The standard InChI is InChI=1S/C31H34F6N6O4/c1-29(2,26(44)46-4)17-47-28(45)42-10-6-9-24(23-13-19-7-5-8-20(19)14-25(23)42)43(27-38-40-41(3)39-27)16-18-11-21(30(32,33)34)15-22(12-18)31(35,36)37/h11-15,24H,5-10,16-17H2,1-4H3. The third kappa shape index (κ3) is 7.30. The molecule has 5 rings (SSSR count). The maximum atomic E-state index is 13.8. The van der Waals surface area contributed by atoms with E-state index in [4.69, 9.17) is 9.47 Å². The molecule has 0 bridgehead atoms. The first-order valence-electron chi connectivity index (χ1n) is 15.0. The summed E-state index contributed by atoms with van der Waals surface area (Å²) in [4.78, 5) is 29.9. The number of alkyl halides is 6. The van der Waals surface area contributed by atoms with Crippen molar-refractivity contribution in [2.24, 2.45) is 12.5 Å². The van der Waals surface area contributed by atoms with E-state index in [0.717, 1.165) is 35.2 Å². The zero-order chi connectivity index (χ0) is 34.3. The number of aromatic nitrogens is 4. The highest BCUT2D eigenvalue weighted by molar-refractivity contribution is 5.90. The predicted molar refractivity (Wildman–Crippen MR) is 156 cm³/mol. The van der Waals surface area contributed by atoms with Crippen LogP contribution in [0.5, 0.6) is 0 Å². The van der Waals surface area contributed by atoms with E-state index in [9.17, 15) is 35.9 Å². The van der Waals surface area contributed by atoms with Crippen molar-refractivity contribution in [2.75, 3.05) is 30.1 Å². The molecule has 0 radical (unpaired) electrons. The lowest BCUT2D eigenvalue weighted by Gasteiger charge is -2.32. The second-order valence-electron chi connectivity index (χ2n) is 12.4. The number of benzene rings is 2. The highest BCUT2D eigenvalue weighted by Gasteiger charge is 2.39. The summed E-state index contributed by atoms with van der Waals surface area (Å²) in [7, 11) is 2.72. The molecule has 2 aromatic carbocycles. The molecule has 254 valence electrons. The smallest absolute Gasteiger partial charge is 0.416 e. The Morgan fingerprint density at radius 2 is 1.60 bits per heavy atom. The molecule has 1 atom stereocenters. The number of carbonyl (C=O) groups is 2. The number of fused-ring (bicyclic) bond motifs is 2. The van der Waals surface area contributed by atoms with Crippen LogP contribution in [0.3, 0.4) is 0 Å². The number of hydrogen-bond donors (Lipinski definition) is 0. The summed E-state index contributed by atoms with van der Waals surface area (Å²) in [5, 5.41) is 12.2. The van der Waals surface area contributed by atoms with Gasteiger partial charge in [-0.25, -0.2) is 4.79 Å². The topological polar surface area (TPSA) is 103 Å². The van der Waals surface area contributed by atoms with Crippen LogP contribution < -0.4 is 9.80 Å². The average Bonchev–Trinajstić information content (AvgIpc) is 3.61. The van der Waals surface area contributed by atoms with Crippen molar-refractivity contribution < 1.29 is 45.4 Å². The van der Waals surface area contributed by atoms with Crippen LogP contribution in [0.25, 0.3) is 0 Å². The minimum atomic E-state index is -5.02. The Kier molecular flexibility index (Phi) is 9.16. The first-order chi connectivity index (χ1) is 22.0. The number of aryl methyl sites for hydroxylation is 3. The Morgan fingerprint density at radius 3 is 2.17 bits per heavy atom. The number of tetrazole rings is 1. The van der Waals surface area contributed by atoms with E-state index in [1.54, 1.807) is 13.8 Å². The third-order valence-corrected chi connectivity index (χ3v) is 8.40. The lowest BCUT2D eigenvalue weighted by Crippen LogP contribution is -2.37. The van der Waals surface area contributed by atoms with Gasteiger partial charge in [0.2, 0.25) is 0 Å². The van der Waals surface area contributed by atoms with Crippen LogP contribution in [0.1, 0.15) is 72.5 Å². The first-order valence-corrected chi connectivity index (χ1v) is 15.0. The maximum Gasteiger partial charge on any atom is 0.416 e. The number of halogens is 6. The summed E-state index contributed by atoms with van der Waals surface area (Å²) < 4.78 is 93.0. The van der Waals surface area contributed by atoms with Crippen LogP contribution in [0.2, 0.25) is 0 Å². The van der Waals surface area contributed by atoms with Crippen LogP contribution in [0, 0.1) is 5.41 Å². The van der Waals surface area contributed by atoms with Crippen molar-refractivity contribution in [3.05, 3.63) is 63.7 Å². The van der Waals surface area contributed by atoms with Crippen molar-refractivity contribution in [2.45, 2.75) is 70.9 Å². The van der Waals surface area contributed by atoms with Gasteiger partial charge in [0.1, 0.15) is 6.61 Å². The quantitative estimate of drug-likeness (QED) is 0.210. The summed E-state index contributed by atoms with van der Waals surface area (Å²) >= 11 is 0. The highest BCUT2D eigenvalue weighted by atomic mass is 19.4. The number of methoxy groups -OCH3 is 1. The average molecular weight is 669 g/mol. The summed E-state index contributed by atoms with van der Waals surface area (Å²) in [6, 6.07) is 4.61. The number of amides is 1. The van der Waals surface area contributed by atoms with E-state index in [1.165, 1.54) is 24.0 Å². The molecular formula is C31H34F6N6O4. The fraction of sp³-hybridized carbons (Fsp3) is 0.516. The number of rotatable bonds is 7. The number of nitrogens with zero attached hydrogens (tertiary/aromatic N) is 6. The summed E-state index contributed by atoms with van der Waals surface area (Å²) in [5.41, 5.74) is -1.09. The summed E-state index contributed by atoms with van der Waals surface area (Å²) in [6.45, 7) is 2.68. The zero-order valence-electron chi connectivity index (χ0n) is 26.2. The molecule has 2 aliphatic rings. The second-order valence-corrected chi connectivity index (χ2v) is 12.4. The van der Waals surface area contributed by atoms with Gasteiger partial charge in [0.05, 0.1) is 42.4 Å². The Hall–Kier alpha value is -4.37. The fourth-order valence-corrected chi connectivity index (χ4v) is 6.03. The molecule has 1 aliphatic carbocycles. The van der Waals surface area contributed by atoms with Crippen molar-refractivity contribution in [1.82, 2.24) is 20.2 Å². The molecule has 0 N–H and O–H groups in total. The lowest BCUT2D eigenvalue weighted by molar-refractivity contribution is -0.152. The molecule has 1 unspecified atom stereocenters. The molecule has 0 saturated heterocycles. The van der Waals surface area contributed by atoms with E-state index in [-0.39, 0.29) is 30.7 Å². The fourth-order valence-electron chi connectivity index (χ4n) is 6.03. The first kappa shape index (κ1) is 34.0. The highest BCUT2D eigenvalue weighted by Crippen LogP contribution is 2.43. The largest absolute Gasteiger partial charge is 0.469 e. The Labute approximate surface area is 266 Å². The molecule has 0 fully saturated rings. The molecule has 2 heterocycles. The van der Waals surface area contributed by atoms with Crippen molar-refractivity contribution >= 4 is 23.7 Å². The SMILES string of the molecule is COC(=O)C(C)(C)COC(=O)N1CCCC(N(Cc2cc(C(F)(F)F)cc(C(F)(F)F)c2)c2nnn(C)n2)c2cc3c(cc21)CCC3. The Bertz CT molecular complexity index is 1620. The van der Waals surface area contributed by atoms with E-state index < -0.39 is 53.5 Å². The van der Waals surface area contributed by atoms with Crippen molar-refractivity contribution in [3.8, 4) is 0 Å². The maximum absolute atomic E-state index is 13.8. The van der Waals surface area contributed by atoms with E-state index in [2.05, 4.69) is 15.4 Å². The molecule has 47 heavy (non-hydrogen) atoms. The van der Waals surface area contributed by atoms with Crippen LogP contribution >= 0.6 is 0 Å². The van der Waals surface area contributed by atoms with Gasteiger partial charge in [-0.2, -0.15) is 31.1 Å². The van der Waals surface area contributed by atoms with Crippen LogP contribution in [0.4, 0.5) is 42.8 Å². The molecule has 16 heteroatoms. The van der Waals surface area contributed by atoms with Gasteiger partial charge < -0.3 is 14.4 Å². The molecule has 0 saturated carbocycles. The van der Waals surface area contributed by atoms with Crippen LogP contribution in [-0.4, -0.2) is 52.5 Å².